The van der Waals surface area contributed by atoms with Gasteiger partial charge in [0.2, 0.25) is 0 Å². The van der Waals surface area contributed by atoms with Crippen molar-refractivity contribution < 1.29 is 19.5 Å². The third-order valence-electron chi connectivity index (χ3n) is 12.4. The van der Waals surface area contributed by atoms with Crippen LogP contribution in [0.1, 0.15) is 59.2 Å². The maximum absolute atomic E-state index is 15.4. The molecular weight excluding hydrogens is 774 g/mol. The molecule has 60 heavy (non-hydrogen) atoms. The Kier molecular flexibility index (Phi) is 13.9. The van der Waals surface area contributed by atoms with Crippen LogP contribution in [0.2, 0.25) is 5.02 Å². The Labute approximate surface area is 359 Å². The lowest BCUT2D eigenvalue weighted by Crippen LogP contribution is -2.50. The number of carbonyl (C=O) groups is 2. The Bertz CT molecular complexity index is 1940. The molecule has 5 aliphatic rings. The van der Waals surface area contributed by atoms with Crippen molar-refractivity contribution in [2.45, 2.75) is 74.8 Å². The summed E-state index contributed by atoms with van der Waals surface area (Å²) < 4.78 is 0. The van der Waals surface area contributed by atoms with Crippen LogP contribution >= 0.6 is 11.6 Å². The number of nitrogens with one attached hydrogen (secondary N) is 4. The number of anilines is 1. The summed E-state index contributed by atoms with van der Waals surface area (Å²) in [5.74, 6) is -0.662. The molecule has 1 amide bonds. The van der Waals surface area contributed by atoms with Gasteiger partial charge in [0, 0.05) is 94.6 Å². The lowest BCUT2D eigenvalue weighted by Gasteiger charge is -2.39. The summed E-state index contributed by atoms with van der Waals surface area (Å²) in [5.41, 5.74) is 2.83. The molecule has 4 unspecified atom stereocenters. The summed E-state index contributed by atoms with van der Waals surface area (Å²) in [4.78, 5) is 39.3. The Morgan fingerprint density at radius 2 is 1.12 bits per heavy atom. The van der Waals surface area contributed by atoms with Crippen LogP contribution < -0.4 is 31.2 Å². The average molecular weight is 832 g/mol. The SMILES string of the molecule is O=C(O)c1ccc(N(Oc2cc(CN(CC3C=CCN3)CC3C=CCN3)cc(CN(CC3C=CCN3)CC3C=CCN3)c2)C(=O)C2(c3ccc(Cl)cc3)CCCCC2)cc1. The van der Waals surface area contributed by atoms with E-state index in [1.165, 1.54) is 17.2 Å². The van der Waals surface area contributed by atoms with Crippen LogP contribution in [0.5, 0.6) is 5.75 Å². The molecule has 3 aromatic rings. The molecule has 0 bridgehead atoms. The fraction of sp³-hybridized carbons (Fsp3) is 0.417. The highest BCUT2D eigenvalue weighted by Gasteiger charge is 2.45. The van der Waals surface area contributed by atoms with Gasteiger partial charge in [-0.1, -0.05) is 97.7 Å². The average Bonchev–Trinajstić information content (AvgIpc) is 4.12. The topological polar surface area (TPSA) is 121 Å². The van der Waals surface area contributed by atoms with Crippen LogP contribution in [0.3, 0.4) is 0 Å². The Balaban J connectivity index is 1.17. The molecule has 4 aliphatic heterocycles. The molecule has 0 aromatic heterocycles. The third-order valence-corrected chi connectivity index (χ3v) is 12.6. The number of rotatable bonds is 18. The normalized spacial score (nSPS) is 23.0. The highest BCUT2D eigenvalue weighted by atomic mass is 35.5. The van der Waals surface area contributed by atoms with Crippen LogP contribution in [-0.4, -0.2) is 103 Å². The van der Waals surface area contributed by atoms with Crippen molar-refractivity contribution in [2.24, 2.45) is 0 Å². The summed E-state index contributed by atoms with van der Waals surface area (Å²) in [5, 5.41) is 26.2. The predicted octanol–water partition coefficient (Wildman–Crippen LogP) is 5.98. The third kappa shape index (κ3) is 10.6. The van der Waals surface area contributed by atoms with Gasteiger partial charge < -0.3 is 31.2 Å². The van der Waals surface area contributed by atoms with Gasteiger partial charge in [0.1, 0.15) is 0 Å². The summed E-state index contributed by atoms with van der Waals surface area (Å²) in [6, 6.07) is 21.5. The molecule has 1 saturated carbocycles. The van der Waals surface area contributed by atoms with Gasteiger partial charge in [0.05, 0.1) is 16.7 Å². The minimum atomic E-state index is -1.03. The maximum Gasteiger partial charge on any atom is 0.335 e. The van der Waals surface area contributed by atoms with Crippen LogP contribution in [0.25, 0.3) is 0 Å². The summed E-state index contributed by atoms with van der Waals surface area (Å²) in [6.07, 6.45) is 22.0. The van der Waals surface area contributed by atoms with E-state index in [9.17, 15) is 9.90 Å². The largest absolute Gasteiger partial charge is 0.478 e. The van der Waals surface area contributed by atoms with E-state index in [0.29, 0.717) is 42.4 Å². The summed E-state index contributed by atoms with van der Waals surface area (Å²) >= 11 is 6.37. The molecule has 5 N–H and O–H groups in total. The van der Waals surface area contributed by atoms with Gasteiger partial charge in [-0.2, -0.15) is 0 Å². The van der Waals surface area contributed by atoms with Crippen LogP contribution in [0.15, 0.2) is 115 Å². The van der Waals surface area contributed by atoms with Crippen molar-refractivity contribution in [2.75, 3.05) is 57.4 Å². The van der Waals surface area contributed by atoms with E-state index in [0.717, 1.165) is 88.3 Å². The molecule has 316 valence electrons. The van der Waals surface area contributed by atoms with Crippen LogP contribution in [0, 0.1) is 0 Å². The standard InChI is InChI=1S/C48H58ClN7O4/c49-39-16-14-38(15-17-39)48(20-2-1-3-21-48)47(59)56(44-18-12-37(13-19-44)46(57)58)60-45-27-35(29-54(31-40-8-4-22-50-40)32-41-9-5-23-51-41)26-36(28-45)30-55(33-42-10-6-24-52-42)34-43-11-7-25-53-43/h4-19,26-28,40-43,50-53H,1-3,20-25,29-34H2,(H,57,58). The molecule has 3 aromatic carbocycles. The number of hydrogen-bond acceptors (Lipinski definition) is 9. The molecule has 4 atom stereocenters. The van der Waals surface area contributed by atoms with E-state index < -0.39 is 11.4 Å². The van der Waals surface area contributed by atoms with Crippen molar-refractivity contribution in [1.82, 2.24) is 31.1 Å². The van der Waals surface area contributed by atoms with Crippen LogP contribution in [-0.2, 0) is 23.3 Å². The second-order valence-electron chi connectivity index (χ2n) is 16.8. The van der Waals surface area contributed by atoms with Gasteiger partial charge >= 0.3 is 5.97 Å². The number of aromatic carboxylic acids is 1. The molecule has 1 fully saturated rings. The first-order valence-electron chi connectivity index (χ1n) is 21.6. The van der Waals surface area contributed by atoms with Gasteiger partial charge in [-0.05, 0) is 78.1 Å². The summed E-state index contributed by atoms with van der Waals surface area (Å²) in [6.45, 7) is 8.22. The molecule has 12 heteroatoms. The first kappa shape index (κ1) is 42.1. The summed E-state index contributed by atoms with van der Waals surface area (Å²) in [7, 11) is 0. The molecule has 4 heterocycles. The monoisotopic (exact) mass is 831 g/mol. The van der Waals surface area contributed by atoms with E-state index in [1.54, 1.807) is 12.1 Å². The quantitative estimate of drug-likeness (QED) is 0.0774. The molecule has 0 radical (unpaired) electrons. The second-order valence-corrected chi connectivity index (χ2v) is 17.3. The predicted molar refractivity (Wildman–Crippen MR) is 238 cm³/mol. The van der Waals surface area contributed by atoms with Crippen molar-refractivity contribution >= 4 is 29.2 Å². The van der Waals surface area contributed by atoms with Crippen molar-refractivity contribution in [3.8, 4) is 5.75 Å². The fourth-order valence-corrected chi connectivity index (χ4v) is 9.51. The minimum absolute atomic E-state index is 0.136. The molecule has 11 nitrogen and oxygen atoms in total. The van der Waals surface area contributed by atoms with Gasteiger partial charge in [-0.15, -0.1) is 5.06 Å². The highest BCUT2D eigenvalue weighted by Crippen LogP contribution is 2.43. The zero-order chi connectivity index (χ0) is 41.3. The first-order valence-corrected chi connectivity index (χ1v) is 22.0. The number of hydroxylamine groups is 1. The number of nitrogens with zero attached hydrogens (tertiary/aromatic N) is 3. The van der Waals surface area contributed by atoms with E-state index in [1.807, 2.05) is 24.3 Å². The van der Waals surface area contributed by atoms with E-state index in [-0.39, 0.29) is 35.6 Å². The highest BCUT2D eigenvalue weighted by molar-refractivity contribution is 6.30. The molecule has 1 aliphatic carbocycles. The van der Waals surface area contributed by atoms with E-state index >= 15 is 4.79 Å². The number of halogens is 1. The van der Waals surface area contributed by atoms with Crippen molar-refractivity contribution in [3.05, 3.63) is 143 Å². The number of amides is 1. The van der Waals surface area contributed by atoms with Gasteiger partial charge in [0.15, 0.2) is 5.75 Å². The number of hydrogen-bond donors (Lipinski definition) is 5. The number of carboxylic acids is 1. The lowest BCUT2D eigenvalue weighted by atomic mass is 9.68. The molecular formula is C48H58ClN7O4. The van der Waals surface area contributed by atoms with Gasteiger partial charge in [-0.3, -0.25) is 14.6 Å². The number of carboxylic acid groups (broad SMARTS) is 1. The fourth-order valence-electron chi connectivity index (χ4n) is 9.38. The van der Waals surface area contributed by atoms with E-state index in [2.05, 4.69) is 97.9 Å². The minimum Gasteiger partial charge on any atom is -0.478 e. The molecule has 0 saturated heterocycles. The Morgan fingerprint density at radius 3 is 1.53 bits per heavy atom. The molecule has 0 spiro atoms. The van der Waals surface area contributed by atoms with Gasteiger partial charge in [-0.25, -0.2) is 4.79 Å². The zero-order valence-electron chi connectivity index (χ0n) is 34.3. The van der Waals surface area contributed by atoms with Crippen LogP contribution in [0.4, 0.5) is 5.69 Å². The Morgan fingerprint density at radius 1 is 0.650 bits per heavy atom. The smallest absolute Gasteiger partial charge is 0.335 e. The molecule has 8 rings (SSSR count). The van der Waals surface area contributed by atoms with Crippen molar-refractivity contribution in [1.29, 1.82) is 0 Å². The van der Waals surface area contributed by atoms with Gasteiger partial charge in [0.25, 0.3) is 5.91 Å². The Hall–Kier alpha value is -4.59. The number of benzene rings is 3. The van der Waals surface area contributed by atoms with E-state index in [4.69, 9.17) is 16.4 Å². The maximum atomic E-state index is 15.4. The first-order chi connectivity index (χ1) is 29.3. The second kappa shape index (κ2) is 19.9. The zero-order valence-corrected chi connectivity index (χ0v) is 35.0. The number of carbonyl (C=O) groups excluding carboxylic acids is 1. The lowest BCUT2D eigenvalue weighted by molar-refractivity contribution is -0.129. The van der Waals surface area contributed by atoms with Crippen molar-refractivity contribution in [3.63, 3.8) is 0 Å².